The van der Waals surface area contributed by atoms with E-state index in [4.69, 9.17) is 26.4 Å². The topological polar surface area (TPSA) is 89.1 Å². The summed E-state index contributed by atoms with van der Waals surface area (Å²) < 4.78 is 16.0. The molecule has 0 saturated heterocycles. The Morgan fingerprint density at radius 3 is 2.52 bits per heavy atom. The Kier molecular flexibility index (Phi) is 6.23. The third-order valence-corrected chi connectivity index (χ3v) is 5.56. The Labute approximate surface area is 177 Å². The normalized spacial score (nSPS) is 12.1. The number of nitrogens with one attached hydrogen (secondary N) is 2. The number of anilines is 2. The minimum atomic E-state index is -0.541. The predicted octanol–water partition coefficient (Wildman–Crippen LogP) is 3.13. The average Bonchev–Trinajstić information content (AvgIpc) is 3.02. The SMILES string of the molecule is COC(=O)c1c(NC(=S)Nc2ccc3c(c2)OCCO3)sc(C(=O)N(C)C)c1C. The van der Waals surface area contributed by atoms with E-state index in [-0.39, 0.29) is 16.6 Å². The number of thiophene rings is 1. The summed E-state index contributed by atoms with van der Waals surface area (Å²) in [5.41, 5.74) is 1.53. The molecule has 154 valence electrons. The smallest absolute Gasteiger partial charge is 0.341 e. The van der Waals surface area contributed by atoms with Crippen LogP contribution < -0.4 is 20.1 Å². The van der Waals surface area contributed by atoms with Crippen molar-refractivity contribution in [2.45, 2.75) is 6.92 Å². The summed E-state index contributed by atoms with van der Waals surface area (Å²) in [7, 11) is 4.60. The van der Waals surface area contributed by atoms with Gasteiger partial charge in [0.2, 0.25) is 0 Å². The van der Waals surface area contributed by atoms with Gasteiger partial charge < -0.3 is 29.7 Å². The molecule has 29 heavy (non-hydrogen) atoms. The molecule has 0 spiro atoms. The number of carbonyl (C=O) groups excluding carboxylic acids is 2. The Morgan fingerprint density at radius 1 is 1.17 bits per heavy atom. The van der Waals surface area contributed by atoms with E-state index in [1.54, 1.807) is 33.2 Å². The number of rotatable bonds is 4. The van der Waals surface area contributed by atoms with Gasteiger partial charge in [0.25, 0.3) is 5.91 Å². The molecule has 1 aromatic carbocycles. The van der Waals surface area contributed by atoms with Crippen molar-refractivity contribution >= 4 is 51.2 Å². The van der Waals surface area contributed by atoms with Crippen LogP contribution in [0.4, 0.5) is 10.7 Å². The number of carbonyl (C=O) groups is 2. The zero-order chi connectivity index (χ0) is 21.1. The standard InChI is InChI=1S/C19H21N3O5S2/c1-10-14(18(24)25-4)16(29-15(10)17(23)22(2)3)21-19(28)20-11-5-6-12-13(9-11)27-8-7-26-12/h5-6,9H,7-8H2,1-4H3,(H2,20,21,28). The van der Waals surface area contributed by atoms with Crippen LogP contribution in [-0.4, -0.2) is 56.3 Å². The van der Waals surface area contributed by atoms with Crippen LogP contribution in [0.1, 0.15) is 25.6 Å². The third-order valence-electron chi connectivity index (χ3n) is 4.16. The molecule has 1 amide bonds. The lowest BCUT2D eigenvalue weighted by Crippen LogP contribution is -2.21. The highest BCUT2D eigenvalue weighted by Gasteiger charge is 2.26. The molecule has 1 aliphatic heterocycles. The first kappa shape index (κ1) is 20.9. The summed E-state index contributed by atoms with van der Waals surface area (Å²) in [6.45, 7) is 2.71. The molecular formula is C19H21N3O5S2. The van der Waals surface area contributed by atoms with Gasteiger partial charge in [-0.15, -0.1) is 11.3 Å². The highest BCUT2D eigenvalue weighted by molar-refractivity contribution is 7.80. The summed E-state index contributed by atoms with van der Waals surface area (Å²) in [4.78, 5) is 26.6. The van der Waals surface area contributed by atoms with Crippen LogP contribution in [0.25, 0.3) is 0 Å². The molecule has 0 aliphatic carbocycles. The molecule has 10 heteroatoms. The summed E-state index contributed by atoms with van der Waals surface area (Å²) in [5, 5.41) is 6.75. The third kappa shape index (κ3) is 4.43. The van der Waals surface area contributed by atoms with Crippen LogP contribution in [0.5, 0.6) is 11.5 Å². The minimum absolute atomic E-state index is 0.198. The number of benzene rings is 1. The van der Waals surface area contributed by atoms with Gasteiger partial charge in [0.1, 0.15) is 18.2 Å². The Bertz CT molecular complexity index is 971. The lowest BCUT2D eigenvalue weighted by atomic mass is 10.1. The molecular weight excluding hydrogens is 414 g/mol. The van der Waals surface area contributed by atoms with Crippen LogP contribution in [-0.2, 0) is 4.74 Å². The fourth-order valence-corrected chi connectivity index (χ4v) is 4.25. The number of thiocarbonyl (C=S) groups is 1. The molecule has 1 aliphatic rings. The Hall–Kier alpha value is -2.85. The first-order valence-corrected chi connectivity index (χ1v) is 9.95. The van der Waals surface area contributed by atoms with Gasteiger partial charge >= 0.3 is 5.97 Å². The molecule has 0 atom stereocenters. The monoisotopic (exact) mass is 435 g/mol. The molecule has 8 nitrogen and oxygen atoms in total. The van der Waals surface area contributed by atoms with Crippen molar-refractivity contribution in [3.05, 3.63) is 34.2 Å². The van der Waals surface area contributed by atoms with Crippen molar-refractivity contribution in [3.8, 4) is 11.5 Å². The maximum absolute atomic E-state index is 12.4. The number of esters is 1. The van der Waals surface area contributed by atoms with E-state index in [2.05, 4.69) is 10.6 Å². The van der Waals surface area contributed by atoms with Crippen molar-refractivity contribution in [1.29, 1.82) is 0 Å². The molecule has 0 radical (unpaired) electrons. The summed E-state index contributed by atoms with van der Waals surface area (Å²) >= 11 is 6.54. The highest BCUT2D eigenvalue weighted by atomic mass is 32.1. The zero-order valence-corrected chi connectivity index (χ0v) is 18.1. The number of hydrogen-bond acceptors (Lipinski definition) is 7. The van der Waals surface area contributed by atoms with Crippen molar-refractivity contribution in [1.82, 2.24) is 4.90 Å². The van der Waals surface area contributed by atoms with Gasteiger partial charge in [-0.3, -0.25) is 4.79 Å². The van der Waals surface area contributed by atoms with E-state index in [1.807, 2.05) is 6.07 Å². The van der Waals surface area contributed by atoms with Crippen molar-refractivity contribution in [2.75, 3.05) is 45.1 Å². The fourth-order valence-electron chi connectivity index (χ4n) is 2.74. The quantitative estimate of drug-likeness (QED) is 0.559. The van der Waals surface area contributed by atoms with Crippen molar-refractivity contribution in [2.24, 2.45) is 0 Å². The molecule has 3 rings (SSSR count). The maximum Gasteiger partial charge on any atom is 0.341 e. The summed E-state index contributed by atoms with van der Waals surface area (Å²) in [6.07, 6.45) is 0. The zero-order valence-electron chi connectivity index (χ0n) is 16.5. The molecule has 0 unspecified atom stereocenters. The van der Waals surface area contributed by atoms with E-state index < -0.39 is 5.97 Å². The van der Waals surface area contributed by atoms with Gasteiger partial charge in [-0.05, 0) is 36.8 Å². The lowest BCUT2D eigenvalue weighted by Gasteiger charge is -2.19. The average molecular weight is 436 g/mol. The van der Waals surface area contributed by atoms with Crippen LogP contribution in [0.3, 0.4) is 0 Å². The predicted molar refractivity (Wildman–Crippen MR) is 116 cm³/mol. The minimum Gasteiger partial charge on any atom is -0.486 e. The van der Waals surface area contributed by atoms with E-state index >= 15 is 0 Å². The molecule has 0 fully saturated rings. The van der Waals surface area contributed by atoms with Crippen LogP contribution >= 0.6 is 23.6 Å². The first-order chi connectivity index (χ1) is 13.8. The van der Waals surface area contributed by atoms with Gasteiger partial charge in [0.15, 0.2) is 16.6 Å². The number of fused-ring (bicyclic) bond motifs is 1. The number of nitrogens with zero attached hydrogens (tertiary/aromatic N) is 1. The number of amides is 1. The number of ether oxygens (including phenoxy) is 3. The van der Waals surface area contributed by atoms with Crippen molar-refractivity contribution < 1.29 is 23.8 Å². The molecule has 0 bridgehead atoms. The van der Waals surface area contributed by atoms with Gasteiger partial charge in [0.05, 0.1) is 17.6 Å². The molecule has 2 aromatic rings. The van der Waals surface area contributed by atoms with Crippen LogP contribution in [0.15, 0.2) is 18.2 Å². The summed E-state index contributed by atoms with van der Waals surface area (Å²) in [6, 6.07) is 5.39. The second-order valence-electron chi connectivity index (χ2n) is 6.39. The number of methoxy groups -OCH3 is 1. The first-order valence-electron chi connectivity index (χ1n) is 8.72. The van der Waals surface area contributed by atoms with E-state index in [9.17, 15) is 9.59 Å². The molecule has 0 saturated carbocycles. The van der Waals surface area contributed by atoms with E-state index in [0.29, 0.717) is 45.8 Å². The van der Waals surface area contributed by atoms with E-state index in [0.717, 1.165) is 11.3 Å². The maximum atomic E-state index is 12.4. The molecule has 2 N–H and O–H groups in total. The van der Waals surface area contributed by atoms with Gasteiger partial charge in [-0.2, -0.15) is 0 Å². The second kappa shape index (κ2) is 8.66. The molecule has 2 heterocycles. The second-order valence-corrected chi connectivity index (χ2v) is 7.82. The molecule has 1 aromatic heterocycles. The van der Waals surface area contributed by atoms with Crippen molar-refractivity contribution in [3.63, 3.8) is 0 Å². The summed E-state index contributed by atoms with van der Waals surface area (Å²) in [5.74, 6) is 0.567. The fraction of sp³-hybridized carbons (Fsp3) is 0.316. The van der Waals surface area contributed by atoms with Crippen LogP contribution in [0, 0.1) is 6.92 Å². The van der Waals surface area contributed by atoms with Gasteiger partial charge in [-0.25, -0.2) is 4.79 Å². The largest absolute Gasteiger partial charge is 0.486 e. The Balaban J connectivity index is 1.83. The van der Waals surface area contributed by atoms with E-state index in [1.165, 1.54) is 12.0 Å². The highest BCUT2D eigenvalue weighted by Crippen LogP contribution is 2.35. The lowest BCUT2D eigenvalue weighted by molar-refractivity contribution is 0.0601. The van der Waals surface area contributed by atoms with Crippen LogP contribution in [0.2, 0.25) is 0 Å². The Morgan fingerprint density at radius 2 is 1.86 bits per heavy atom. The van der Waals surface area contributed by atoms with Gasteiger partial charge in [0, 0.05) is 25.8 Å². The number of hydrogen-bond donors (Lipinski definition) is 2. The van der Waals surface area contributed by atoms with Gasteiger partial charge in [-0.1, -0.05) is 0 Å².